The molecular weight excluding hydrogens is 784 g/mol. The Bertz CT molecular complexity index is 2390. The normalized spacial score (nSPS) is 18.6. The van der Waals surface area contributed by atoms with E-state index in [0.29, 0.717) is 36.7 Å². The van der Waals surface area contributed by atoms with Gasteiger partial charge in [-0.25, -0.2) is 4.39 Å². The molecule has 0 aliphatic carbocycles. The average Bonchev–Trinajstić information content (AvgIpc) is 3.66. The van der Waals surface area contributed by atoms with Crippen molar-refractivity contribution in [1.29, 1.82) is 0 Å². The van der Waals surface area contributed by atoms with Crippen molar-refractivity contribution in [3.8, 4) is 11.6 Å². The zero-order valence-electron chi connectivity index (χ0n) is 34.7. The summed E-state index contributed by atoms with van der Waals surface area (Å²) in [6.07, 6.45) is -3.66. The van der Waals surface area contributed by atoms with Crippen LogP contribution in [-0.4, -0.2) is 47.5 Å². The van der Waals surface area contributed by atoms with Gasteiger partial charge in [-0.1, -0.05) is 158 Å². The van der Waals surface area contributed by atoms with E-state index in [1.807, 2.05) is 159 Å². The van der Waals surface area contributed by atoms with Gasteiger partial charge in [0.25, 0.3) is 0 Å². The molecule has 8 rings (SSSR count). The van der Waals surface area contributed by atoms with Crippen molar-refractivity contribution < 1.29 is 37.5 Å². The van der Waals surface area contributed by atoms with E-state index in [1.54, 1.807) is 12.1 Å². The third-order valence-corrected chi connectivity index (χ3v) is 10.7. The molecule has 1 aliphatic heterocycles. The van der Waals surface area contributed by atoms with Gasteiger partial charge in [0, 0.05) is 23.7 Å². The number of ether oxygens (including phenoxy) is 7. The molecule has 1 aliphatic rings. The third kappa shape index (κ3) is 11.6. The summed E-state index contributed by atoms with van der Waals surface area (Å²) in [5, 5.41) is 7.63. The summed E-state index contributed by atoms with van der Waals surface area (Å²) in [6.45, 7) is 3.58. The Morgan fingerprint density at radius 1 is 0.565 bits per heavy atom. The highest BCUT2D eigenvalue weighted by Gasteiger charge is 2.50. The quantitative estimate of drug-likeness (QED) is 0.0812. The number of hydrogen-bond donors (Lipinski definition) is 1. The third-order valence-electron chi connectivity index (χ3n) is 10.7. The van der Waals surface area contributed by atoms with E-state index in [2.05, 4.69) is 10.2 Å². The zero-order valence-corrected chi connectivity index (χ0v) is 34.7. The molecule has 0 spiro atoms. The van der Waals surface area contributed by atoms with Crippen molar-refractivity contribution in [3.63, 3.8) is 0 Å². The minimum absolute atomic E-state index is 0.168. The Kier molecular flexibility index (Phi) is 14.8. The monoisotopic (exact) mass is 834 g/mol. The number of nitrogens with one attached hydrogen (secondary N) is 1. The Hall–Kier alpha value is -6.14. The van der Waals surface area contributed by atoms with Gasteiger partial charge >= 0.3 is 0 Å². The lowest BCUT2D eigenvalue weighted by Gasteiger charge is -2.45. The molecule has 1 N–H and O–H groups in total. The van der Waals surface area contributed by atoms with Crippen molar-refractivity contribution in [1.82, 2.24) is 10.2 Å². The number of hydrogen-bond acceptors (Lipinski definition) is 8. The molecule has 62 heavy (non-hydrogen) atoms. The van der Waals surface area contributed by atoms with Crippen LogP contribution in [0.25, 0.3) is 0 Å². The molecule has 2 heterocycles. The minimum atomic E-state index is -1.04. The van der Waals surface area contributed by atoms with E-state index in [1.165, 1.54) is 6.07 Å². The van der Waals surface area contributed by atoms with Crippen LogP contribution in [0.2, 0.25) is 0 Å². The van der Waals surface area contributed by atoms with Gasteiger partial charge in [-0.05, 0) is 46.4 Å². The lowest BCUT2D eigenvalue weighted by atomic mass is 9.97. The maximum atomic E-state index is 15.8. The number of aromatic nitrogens is 2. The lowest BCUT2D eigenvalue weighted by Crippen LogP contribution is -2.62. The topological polar surface area (TPSA) is 93.3 Å². The van der Waals surface area contributed by atoms with Crippen LogP contribution in [0.3, 0.4) is 0 Å². The predicted molar refractivity (Wildman–Crippen MR) is 234 cm³/mol. The first kappa shape index (κ1) is 42.5. The number of rotatable bonds is 20. The summed E-state index contributed by atoms with van der Waals surface area (Å²) in [7, 11) is 0. The smallest absolute Gasteiger partial charge is 0.238 e. The molecular formula is C52H51FN2O7. The van der Waals surface area contributed by atoms with E-state index >= 15 is 4.39 Å². The van der Waals surface area contributed by atoms with Crippen LogP contribution in [-0.2, 0) is 63.1 Å². The summed E-state index contributed by atoms with van der Waals surface area (Å²) < 4.78 is 62.2. The molecule has 0 amide bonds. The maximum Gasteiger partial charge on any atom is 0.238 e. The molecule has 10 heteroatoms. The van der Waals surface area contributed by atoms with Gasteiger partial charge in [0.15, 0.2) is 0 Å². The first-order valence-corrected chi connectivity index (χ1v) is 20.9. The Balaban J connectivity index is 1.09. The average molecular weight is 835 g/mol. The summed E-state index contributed by atoms with van der Waals surface area (Å²) in [4.78, 5) is 0. The van der Waals surface area contributed by atoms with Crippen molar-refractivity contribution in [2.45, 2.75) is 77.1 Å². The highest BCUT2D eigenvalue weighted by atomic mass is 19.1. The minimum Gasteiger partial charge on any atom is -0.489 e. The zero-order chi connectivity index (χ0) is 42.4. The molecule has 1 aromatic heterocycles. The maximum absolute atomic E-state index is 15.8. The highest BCUT2D eigenvalue weighted by molar-refractivity contribution is 5.38. The van der Waals surface area contributed by atoms with Crippen LogP contribution in [0.1, 0.15) is 44.6 Å². The van der Waals surface area contributed by atoms with Gasteiger partial charge in [-0.2, -0.15) is 0 Å². The lowest BCUT2D eigenvalue weighted by molar-refractivity contribution is -0.310. The largest absolute Gasteiger partial charge is 0.489 e. The standard InChI is InChI=1S/C52H51FN2O7/c1-37-45(29-43-27-28-44(30-46(43)53)57-32-39-19-9-3-10-20-39)51(55-54-37)62-52-50(60-35-42-25-15-6-16-26-42)49(59-34-41-23-13-5-14-24-41)48(58-33-40-21-11-4-12-22-40)47(61-52)36-56-31-38-17-7-2-8-18-38/h2-28,30,47-50,52H,29,31-36H2,1H3,(H,54,55)/t47-,48-,49+,50-,52+/m1/s1. The van der Waals surface area contributed by atoms with Crippen molar-refractivity contribution >= 4 is 0 Å². The van der Waals surface area contributed by atoms with Crippen LogP contribution in [0.5, 0.6) is 11.6 Å². The van der Waals surface area contributed by atoms with E-state index < -0.39 is 36.5 Å². The molecule has 7 aromatic rings. The molecule has 0 unspecified atom stereocenters. The number of aryl methyl sites for hydroxylation is 1. The van der Waals surface area contributed by atoms with E-state index in [0.717, 1.165) is 33.5 Å². The number of aromatic amines is 1. The van der Waals surface area contributed by atoms with Gasteiger partial charge in [-0.3, -0.25) is 5.10 Å². The molecule has 0 saturated carbocycles. The summed E-state index contributed by atoms with van der Waals surface area (Å²) in [5.74, 6) is 0.304. The Morgan fingerprint density at radius 2 is 1.05 bits per heavy atom. The van der Waals surface area contributed by atoms with Crippen LogP contribution in [0, 0.1) is 12.7 Å². The van der Waals surface area contributed by atoms with Gasteiger partial charge in [0.05, 0.1) is 33.0 Å². The SMILES string of the molecule is Cc1[nH]nc(O[C@@H]2O[C@H](COCc3ccccc3)[C@@H](OCc3ccccc3)[C@H](OCc3ccccc3)[C@H]2OCc2ccccc2)c1Cc1ccc(OCc2ccccc2)cc1F. The van der Waals surface area contributed by atoms with Crippen molar-refractivity contribution in [3.05, 3.63) is 220 Å². The number of H-pyrrole nitrogens is 1. The number of nitrogens with zero attached hydrogens (tertiary/aromatic N) is 1. The molecule has 0 radical (unpaired) electrons. The highest BCUT2D eigenvalue weighted by Crippen LogP contribution is 2.34. The molecule has 318 valence electrons. The Labute approximate surface area is 362 Å². The Morgan fingerprint density at radius 3 is 1.58 bits per heavy atom. The fourth-order valence-corrected chi connectivity index (χ4v) is 7.38. The van der Waals surface area contributed by atoms with Gasteiger partial charge in [0.1, 0.15) is 42.6 Å². The number of benzene rings is 6. The van der Waals surface area contributed by atoms with E-state index in [-0.39, 0.29) is 32.1 Å². The molecule has 1 fully saturated rings. The second-order valence-electron chi connectivity index (χ2n) is 15.3. The first-order valence-electron chi connectivity index (χ1n) is 20.9. The molecule has 9 nitrogen and oxygen atoms in total. The first-order chi connectivity index (χ1) is 30.6. The van der Waals surface area contributed by atoms with Gasteiger partial charge < -0.3 is 33.2 Å². The molecule has 0 bridgehead atoms. The second kappa shape index (κ2) is 21.6. The van der Waals surface area contributed by atoms with Crippen molar-refractivity contribution in [2.24, 2.45) is 0 Å². The fraction of sp³-hybridized carbons (Fsp3) is 0.250. The van der Waals surface area contributed by atoms with Crippen LogP contribution in [0.15, 0.2) is 170 Å². The van der Waals surface area contributed by atoms with Crippen LogP contribution >= 0.6 is 0 Å². The van der Waals surface area contributed by atoms with Gasteiger partial charge in [0.2, 0.25) is 12.2 Å². The molecule has 6 aromatic carbocycles. The number of halogens is 1. The summed E-state index contributed by atoms with van der Waals surface area (Å²) >= 11 is 0. The van der Waals surface area contributed by atoms with E-state index in [4.69, 9.17) is 33.2 Å². The summed E-state index contributed by atoms with van der Waals surface area (Å²) in [6, 6.07) is 54.6. The predicted octanol–water partition coefficient (Wildman–Crippen LogP) is 10.1. The second-order valence-corrected chi connectivity index (χ2v) is 15.3. The van der Waals surface area contributed by atoms with Gasteiger partial charge in [-0.15, -0.1) is 5.10 Å². The molecule has 5 atom stereocenters. The summed E-state index contributed by atoms with van der Waals surface area (Å²) in [5.41, 5.74) is 6.83. The fourth-order valence-electron chi connectivity index (χ4n) is 7.38. The van der Waals surface area contributed by atoms with Crippen LogP contribution < -0.4 is 9.47 Å². The molecule has 1 saturated heterocycles. The van der Waals surface area contributed by atoms with Crippen LogP contribution in [0.4, 0.5) is 4.39 Å². The van der Waals surface area contributed by atoms with E-state index in [9.17, 15) is 0 Å². The van der Waals surface area contributed by atoms with Crippen molar-refractivity contribution in [2.75, 3.05) is 6.61 Å².